The number of benzene rings is 2. The van der Waals surface area contributed by atoms with Crippen LogP contribution in [0.5, 0.6) is 17.2 Å². The van der Waals surface area contributed by atoms with Gasteiger partial charge in [0.1, 0.15) is 22.8 Å². The van der Waals surface area contributed by atoms with E-state index in [4.69, 9.17) is 14.2 Å². The van der Waals surface area contributed by atoms with Gasteiger partial charge in [-0.15, -0.1) is 0 Å². The predicted octanol–water partition coefficient (Wildman–Crippen LogP) is 3.51. The topological polar surface area (TPSA) is 51.2 Å². The van der Waals surface area contributed by atoms with Crippen LogP contribution in [0.1, 0.15) is 12.0 Å². The van der Waals surface area contributed by atoms with E-state index in [2.05, 4.69) is 17.0 Å². The Hall–Kier alpha value is -2.73. The van der Waals surface area contributed by atoms with Gasteiger partial charge < -0.3 is 19.1 Å². The number of likely N-dealkylation sites (tertiary alicyclic amines) is 1. The van der Waals surface area contributed by atoms with Crippen molar-refractivity contribution in [1.82, 2.24) is 9.80 Å². The number of hydrogen-bond acceptors (Lipinski definition) is 5. The van der Waals surface area contributed by atoms with E-state index >= 15 is 0 Å². The monoisotopic (exact) mass is 368 g/mol. The van der Waals surface area contributed by atoms with Gasteiger partial charge in [-0.2, -0.15) is 0 Å². The summed E-state index contributed by atoms with van der Waals surface area (Å²) in [6.45, 7) is 3.17. The van der Waals surface area contributed by atoms with Crippen LogP contribution >= 0.6 is 0 Å². The Morgan fingerprint density at radius 2 is 1.85 bits per heavy atom. The molecule has 27 heavy (non-hydrogen) atoms. The zero-order chi connectivity index (χ0) is 18.9. The summed E-state index contributed by atoms with van der Waals surface area (Å²) in [7, 11) is 3.44. The van der Waals surface area contributed by atoms with E-state index < -0.39 is 0 Å². The fourth-order valence-electron chi connectivity index (χ4n) is 3.81. The van der Waals surface area contributed by atoms with Crippen LogP contribution in [0.3, 0.4) is 0 Å². The summed E-state index contributed by atoms with van der Waals surface area (Å²) in [5, 5.41) is 0. The van der Waals surface area contributed by atoms with Crippen molar-refractivity contribution in [1.29, 1.82) is 0 Å². The van der Waals surface area contributed by atoms with Gasteiger partial charge in [0.25, 0.3) is 0 Å². The Morgan fingerprint density at radius 1 is 1.07 bits per heavy atom. The smallest absolute Gasteiger partial charge is 0.410 e. The first-order chi connectivity index (χ1) is 13.0. The maximum Gasteiger partial charge on any atom is 0.410 e. The van der Waals surface area contributed by atoms with Crippen molar-refractivity contribution in [3.63, 3.8) is 0 Å². The molecule has 6 heteroatoms. The Kier molecular flexibility index (Phi) is 4.66. The van der Waals surface area contributed by atoms with Gasteiger partial charge in [-0.25, -0.2) is 4.79 Å². The molecular formula is C21H24N2O4. The molecule has 2 aromatic rings. The van der Waals surface area contributed by atoms with Crippen molar-refractivity contribution >= 4 is 6.09 Å². The Balaban J connectivity index is 1.39. The molecule has 2 heterocycles. The minimum atomic E-state index is -0.344. The molecule has 142 valence electrons. The largest absolute Gasteiger partial charge is 0.497 e. The lowest BCUT2D eigenvalue weighted by Gasteiger charge is -2.22. The van der Waals surface area contributed by atoms with Crippen molar-refractivity contribution in [2.45, 2.75) is 18.6 Å². The van der Waals surface area contributed by atoms with Crippen LogP contribution < -0.4 is 9.47 Å². The maximum atomic E-state index is 11.7. The number of ether oxygens (including phenoxy) is 3. The summed E-state index contributed by atoms with van der Waals surface area (Å²) in [5.41, 5.74) is 0.832. The van der Waals surface area contributed by atoms with Gasteiger partial charge in [0.15, 0.2) is 0 Å². The van der Waals surface area contributed by atoms with Gasteiger partial charge in [-0.3, -0.25) is 4.90 Å². The van der Waals surface area contributed by atoms with Gasteiger partial charge in [0, 0.05) is 33.1 Å². The average molecular weight is 368 g/mol. The summed E-state index contributed by atoms with van der Waals surface area (Å²) in [5.74, 6) is 2.38. The highest BCUT2D eigenvalue weighted by Crippen LogP contribution is 2.33. The number of hydrogen-bond donors (Lipinski definition) is 0. The Bertz CT molecular complexity index is 823. The minimum Gasteiger partial charge on any atom is -0.497 e. The molecule has 2 saturated heterocycles. The van der Waals surface area contributed by atoms with Crippen molar-refractivity contribution < 1.29 is 19.0 Å². The predicted molar refractivity (Wildman–Crippen MR) is 101 cm³/mol. The molecule has 2 aromatic carbocycles. The molecule has 2 aliphatic heterocycles. The van der Waals surface area contributed by atoms with Crippen LogP contribution in [0.25, 0.3) is 0 Å². The normalized spacial score (nSPS) is 22.3. The lowest BCUT2D eigenvalue weighted by atomic mass is 10.0. The molecule has 4 rings (SSSR count). The molecule has 0 radical (unpaired) electrons. The number of likely N-dealkylation sites (N-methyl/N-ethyl adjacent to an activating group) is 1. The molecule has 0 aliphatic carbocycles. The Labute approximate surface area is 159 Å². The van der Waals surface area contributed by atoms with Gasteiger partial charge in [-0.05, 0) is 42.0 Å². The summed E-state index contributed by atoms with van der Waals surface area (Å²) in [6.07, 6.45) is 0.664. The highest BCUT2D eigenvalue weighted by molar-refractivity contribution is 5.70. The third-order valence-corrected chi connectivity index (χ3v) is 5.14. The second kappa shape index (κ2) is 7.12. The second-order valence-corrected chi connectivity index (χ2v) is 7.29. The number of nitrogens with zero attached hydrogens (tertiary/aromatic N) is 2. The number of methoxy groups -OCH3 is 1. The summed E-state index contributed by atoms with van der Waals surface area (Å²) in [6, 6.07) is 15.6. The fraction of sp³-hybridized carbons (Fsp3) is 0.381. The van der Waals surface area contributed by atoms with E-state index in [1.807, 2.05) is 36.4 Å². The molecular weight excluding hydrogens is 344 g/mol. The average Bonchev–Trinajstić information content (AvgIpc) is 3.17. The molecule has 1 amide bonds. The molecule has 2 aliphatic rings. The number of amides is 1. The second-order valence-electron chi connectivity index (χ2n) is 7.29. The molecule has 2 fully saturated rings. The molecule has 1 atom stereocenters. The van der Waals surface area contributed by atoms with E-state index in [0.29, 0.717) is 6.54 Å². The van der Waals surface area contributed by atoms with Gasteiger partial charge in [0.05, 0.1) is 13.7 Å². The molecule has 1 spiro atoms. The fourth-order valence-corrected chi connectivity index (χ4v) is 3.81. The van der Waals surface area contributed by atoms with Crippen molar-refractivity contribution in [3.8, 4) is 17.2 Å². The SMILES string of the molecule is COc1ccc(Oc2cccc(CN3CC[C@@]4(C3)CN(C)C(=O)O4)c2)cc1. The van der Waals surface area contributed by atoms with E-state index in [-0.39, 0.29) is 11.7 Å². The van der Waals surface area contributed by atoms with Gasteiger partial charge in [0.2, 0.25) is 0 Å². The van der Waals surface area contributed by atoms with Gasteiger partial charge >= 0.3 is 6.09 Å². The van der Waals surface area contributed by atoms with Crippen LogP contribution in [0.4, 0.5) is 4.79 Å². The van der Waals surface area contributed by atoms with Crippen molar-refractivity contribution in [2.24, 2.45) is 0 Å². The summed E-state index contributed by atoms with van der Waals surface area (Å²) in [4.78, 5) is 15.7. The van der Waals surface area contributed by atoms with E-state index in [0.717, 1.165) is 43.3 Å². The lowest BCUT2D eigenvalue weighted by molar-refractivity contribution is 0.0627. The minimum absolute atomic E-state index is 0.216. The van der Waals surface area contributed by atoms with Crippen LogP contribution in [0, 0.1) is 0 Å². The quantitative estimate of drug-likeness (QED) is 0.808. The first kappa shape index (κ1) is 17.7. The molecule has 0 aromatic heterocycles. The first-order valence-corrected chi connectivity index (χ1v) is 9.13. The summed E-state index contributed by atoms with van der Waals surface area (Å²) < 4.78 is 16.7. The highest BCUT2D eigenvalue weighted by atomic mass is 16.6. The number of carbonyl (C=O) groups excluding carboxylic acids is 1. The molecule has 0 saturated carbocycles. The van der Waals surface area contributed by atoms with E-state index in [9.17, 15) is 4.79 Å². The van der Waals surface area contributed by atoms with E-state index in [1.54, 1.807) is 19.1 Å². The van der Waals surface area contributed by atoms with Crippen molar-refractivity contribution in [2.75, 3.05) is 33.8 Å². The number of carbonyl (C=O) groups is 1. The van der Waals surface area contributed by atoms with Crippen LogP contribution in [0.15, 0.2) is 48.5 Å². The van der Waals surface area contributed by atoms with E-state index in [1.165, 1.54) is 5.56 Å². The zero-order valence-electron chi connectivity index (χ0n) is 15.7. The van der Waals surface area contributed by atoms with Crippen molar-refractivity contribution in [3.05, 3.63) is 54.1 Å². The summed E-state index contributed by atoms with van der Waals surface area (Å²) >= 11 is 0. The van der Waals surface area contributed by atoms with Crippen LogP contribution in [0.2, 0.25) is 0 Å². The maximum absolute atomic E-state index is 11.7. The molecule has 6 nitrogen and oxygen atoms in total. The van der Waals surface area contributed by atoms with Crippen LogP contribution in [-0.2, 0) is 11.3 Å². The third-order valence-electron chi connectivity index (χ3n) is 5.14. The lowest BCUT2D eigenvalue weighted by Crippen LogP contribution is -2.37. The van der Waals surface area contributed by atoms with Gasteiger partial charge in [-0.1, -0.05) is 12.1 Å². The molecule has 0 unspecified atom stereocenters. The molecule has 0 bridgehead atoms. The first-order valence-electron chi connectivity index (χ1n) is 9.13. The molecule has 0 N–H and O–H groups in total. The Morgan fingerprint density at radius 3 is 2.56 bits per heavy atom. The highest BCUT2D eigenvalue weighted by Gasteiger charge is 2.48. The third kappa shape index (κ3) is 3.85. The number of rotatable bonds is 5. The standard InChI is InChI=1S/C21H24N2O4/c1-22-14-21(27-20(22)24)10-11-23(15-21)13-16-4-3-5-19(12-16)26-18-8-6-17(25-2)7-9-18/h3-9,12H,10-11,13-15H2,1-2H3/t21-/m0/s1. The zero-order valence-corrected chi connectivity index (χ0v) is 15.7. The van der Waals surface area contributed by atoms with Crippen LogP contribution in [-0.4, -0.2) is 55.3 Å².